The highest BCUT2D eigenvalue weighted by Gasteiger charge is 2.42. The van der Waals surface area contributed by atoms with Gasteiger partial charge in [-0.15, -0.1) is 0 Å². The number of carbonyl (C=O) groups excluding carboxylic acids is 2. The van der Waals surface area contributed by atoms with Gasteiger partial charge in [0.2, 0.25) is 5.91 Å². The lowest BCUT2D eigenvalue weighted by Gasteiger charge is -2.36. The van der Waals surface area contributed by atoms with E-state index in [0.717, 1.165) is 53.8 Å². The number of hydrogen-bond donors (Lipinski definition) is 0. The van der Waals surface area contributed by atoms with Gasteiger partial charge in [-0.2, -0.15) is 13.2 Å². The molecule has 2 aliphatic rings. The summed E-state index contributed by atoms with van der Waals surface area (Å²) in [6.45, 7) is 11.8. The fourth-order valence-electron chi connectivity index (χ4n) is 6.05. The number of nitrogens with zero attached hydrogens (tertiary/aromatic N) is 2. The third-order valence-corrected chi connectivity index (χ3v) is 8.40. The number of benzene rings is 2. The Balaban J connectivity index is 1.73. The van der Waals surface area contributed by atoms with Crippen molar-refractivity contribution in [2.75, 3.05) is 25.6 Å². The molecule has 4 rings (SSSR count). The van der Waals surface area contributed by atoms with Crippen LogP contribution in [0.2, 0.25) is 0 Å². The average molecular weight is 587 g/mol. The van der Waals surface area contributed by atoms with E-state index < -0.39 is 30.0 Å². The minimum Gasteiger partial charge on any atom is -0.496 e. The molecule has 1 heterocycles. The summed E-state index contributed by atoms with van der Waals surface area (Å²) in [5, 5.41) is 0. The molecule has 2 aromatic rings. The van der Waals surface area contributed by atoms with Crippen LogP contribution >= 0.6 is 0 Å². The van der Waals surface area contributed by atoms with Gasteiger partial charge in [-0.3, -0.25) is 9.69 Å². The normalized spacial score (nSPS) is 20.7. The Labute approximate surface area is 246 Å². The van der Waals surface area contributed by atoms with Crippen LogP contribution in [0.15, 0.2) is 42.0 Å². The summed E-state index contributed by atoms with van der Waals surface area (Å²) in [6.07, 6.45) is -3.49. The molecular weight excluding hydrogens is 545 g/mol. The third kappa shape index (κ3) is 6.45. The quantitative estimate of drug-likeness (QED) is 0.328. The Kier molecular flexibility index (Phi) is 8.72. The van der Waals surface area contributed by atoms with Gasteiger partial charge in [0.1, 0.15) is 11.9 Å². The molecule has 9 heteroatoms. The van der Waals surface area contributed by atoms with Gasteiger partial charge in [0.25, 0.3) is 0 Å². The molecule has 0 radical (unpaired) electrons. The van der Waals surface area contributed by atoms with Crippen LogP contribution < -0.4 is 9.64 Å². The van der Waals surface area contributed by atoms with E-state index in [-0.39, 0.29) is 23.8 Å². The maximum Gasteiger partial charge on any atom is 0.416 e. The monoisotopic (exact) mass is 586 g/mol. The number of anilines is 1. The molecule has 2 aromatic carbocycles. The van der Waals surface area contributed by atoms with E-state index in [1.54, 1.807) is 36.9 Å². The van der Waals surface area contributed by atoms with Crippen molar-refractivity contribution in [2.45, 2.75) is 79.1 Å². The fourth-order valence-corrected chi connectivity index (χ4v) is 6.05. The minimum atomic E-state index is -4.50. The van der Waals surface area contributed by atoms with Crippen molar-refractivity contribution in [3.05, 3.63) is 64.2 Å². The molecule has 1 saturated heterocycles. The summed E-state index contributed by atoms with van der Waals surface area (Å²) >= 11 is 0. The summed E-state index contributed by atoms with van der Waals surface area (Å²) in [4.78, 5) is 29.2. The van der Waals surface area contributed by atoms with E-state index in [1.807, 2.05) is 39.0 Å². The highest BCUT2D eigenvalue weighted by molar-refractivity contribution is 5.95. The molecule has 6 nitrogen and oxygen atoms in total. The van der Waals surface area contributed by atoms with Crippen LogP contribution in [0.25, 0.3) is 5.57 Å². The van der Waals surface area contributed by atoms with Crippen LogP contribution in [0.5, 0.6) is 5.75 Å². The number of methoxy groups -OCH3 is 1. The van der Waals surface area contributed by atoms with Crippen molar-refractivity contribution in [3.8, 4) is 5.75 Å². The highest BCUT2D eigenvalue weighted by atomic mass is 19.4. The van der Waals surface area contributed by atoms with Gasteiger partial charge in [-0.1, -0.05) is 39.3 Å². The number of aryl methyl sites for hydroxylation is 1. The Morgan fingerprint density at radius 3 is 2.50 bits per heavy atom. The molecule has 228 valence electrons. The van der Waals surface area contributed by atoms with Crippen LogP contribution in [0, 0.1) is 18.3 Å². The molecule has 2 unspecified atom stereocenters. The van der Waals surface area contributed by atoms with Crippen molar-refractivity contribution < 1.29 is 32.2 Å². The second kappa shape index (κ2) is 11.7. The van der Waals surface area contributed by atoms with Crippen LogP contribution in [0.1, 0.15) is 82.2 Å². The summed E-state index contributed by atoms with van der Waals surface area (Å²) in [7, 11) is 3.36. The first-order valence-electron chi connectivity index (χ1n) is 14.4. The molecule has 42 heavy (non-hydrogen) atoms. The van der Waals surface area contributed by atoms with Gasteiger partial charge in [-0.25, -0.2) is 4.79 Å². The number of hydrogen-bond acceptors (Lipinski definition) is 4. The van der Waals surface area contributed by atoms with E-state index in [4.69, 9.17) is 9.47 Å². The number of carbonyl (C=O) groups is 2. The van der Waals surface area contributed by atoms with Crippen molar-refractivity contribution in [2.24, 2.45) is 11.3 Å². The summed E-state index contributed by atoms with van der Waals surface area (Å²) in [6, 6.07) is 9.01. The molecule has 0 aromatic heterocycles. The van der Waals surface area contributed by atoms with Crippen LogP contribution in [-0.2, 0) is 15.7 Å². The zero-order valence-corrected chi connectivity index (χ0v) is 25.7. The van der Waals surface area contributed by atoms with E-state index in [0.29, 0.717) is 16.9 Å². The first-order chi connectivity index (χ1) is 19.5. The molecule has 1 fully saturated rings. The summed E-state index contributed by atoms with van der Waals surface area (Å²) < 4.78 is 52.1. The largest absolute Gasteiger partial charge is 0.496 e. The van der Waals surface area contributed by atoms with Crippen LogP contribution in [0.3, 0.4) is 0 Å². The first kappa shape index (κ1) is 31.4. The molecule has 2 atom stereocenters. The lowest BCUT2D eigenvalue weighted by molar-refractivity contribution is -0.137. The Hall–Kier alpha value is -3.49. The number of amides is 2. The van der Waals surface area contributed by atoms with Crippen molar-refractivity contribution in [1.82, 2.24) is 4.90 Å². The Morgan fingerprint density at radius 2 is 1.88 bits per heavy atom. The van der Waals surface area contributed by atoms with Gasteiger partial charge < -0.3 is 14.4 Å². The molecule has 0 saturated carbocycles. The molecule has 1 aliphatic carbocycles. The number of alkyl halides is 3. The number of allylic oxidation sites excluding steroid dienone is 1. The number of rotatable bonds is 7. The molecule has 0 bridgehead atoms. The second-order valence-corrected chi connectivity index (χ2v) is 12.7. The molecular formula is C33H41F3N2O4. The summed E-state index contributed by atoms with van der Waals surface area (Å²) in [5.74, 6) is 0.502. The fraction of sp³-hybridized carbons (Fsp3) is 0.515. The van der Waals surface area contributed by atoms with Crippen LogP contribution in [0.4, 0.5) is 23.7 Å². The topological polar surface area (TPSA) is 59.1 Å². The van der Waals surface area contributed by atoms with Gasteiger partial charge >= 0.3 is 12.3 Å². The van der Waals surface area contributed by atoms with Gasteiger partial charge in [0, 0.05) is 30.8 Å². The predicted molar refractivity (Wildman–Crippen MR) is 157 cm³/mol. The van der Waals surface area contributed by atoms with Crippen molar-refractivity contribution >= 4 is 23.3 Å². The van der Waals surface area contributed by atoms with E-state index >= 15 is 0 Å². The first-order valence-corrected chi connectivity index (χ1v) is 14.4. The number of halogens is 3. The van der Waals surface area contributed by atoms with E-state index in [2.05, 4.69) is 13.8 Å². The third-order valence-electron chi connectivity index (χ3n) is 8.40. The van der Waals surface area contributed by atoms with Crippen molar-refractivity contribution in [1.29, 1.82) is 0 Å². The van der Waals surface area contributed by atoms with Gasteiger partial charge in [0.15, 0.2) is 0 Å². The Bertz CT molecular complexity index is 1400. The molecule has 0 N–H and O–H groups in total. The zero-order chi connectivity index (χ0) is 31.1. The maximum atomic E-state index is 13.5. The second-order valence-electron chi connectivity index (χ2n) is 12.7. The van der Waals surface area contributed by atoms with Gasteiger partial charge in [-0.05, 0) is 85.6 Å². The standard InChI is InChI=1S/C33H41F3N2O4/c1-19(2)30(39)37(7)25-9-10-28(41-8)27(16-25)26-11-12-32(5,6)17-23(26)18-38-21(4)29(42-31(38)40)22-13-20(3)14-24(15-22)33(34,35)36/h9-10,13-16,19,21,29H,11-12,17-18H2,1-8H3. The number of ether oxygens (including phenoxy) is 2. The highest BCUT2D eigenvalue weighted by Crippen LogP contribution is 2.46. The van der Waals surface area contributed by atoms with Gasteiger partial charge in [0.05, 0.1) is 18.7 Å². The molecule has 1 aliphatic heterocycles. The average Bonchev–Trinajstić information content (AvgIpc) is 3.19. The van der Waals surface area contributed by atoms with E-state index in [9.17, 15) is 22.8 Å². The maximum absolute atomic E-state index is 13.5. The lowest BCUT2D eigenvalue weighted by Crippen LogP contribution is -2.35. The zero-order valence-electron chi connectivity index (χ0n) is 25.7. The smallest absolute Gasteiger partial charge is 0.416 e. The number of cyclic esters (lactones) is 1. The Morgan fingerprint density at radius 1 is 1.19 bits per heavy atom. The van der Waals surface area contributed by atoms with Crippen LogP contribution in [-0.4, -0.2) is 43.6 Å². The minimum absolute atomic E-state index is 0.00500. The molecule has 0 spiro atoms. The molecule has 2 amide bonds. The van der Waals surface area contributed by atoms with E-state index in [1.165, 1.54) is 0 Å². The van der Waals surface area contributed by atoms with Crippen molar-refractivity contribution in [3.63, 3.8) is 0 Å². The predicted octanol–water partition coefficient (Wildman–Crippen LogP) is 8.19. The lowest BCUT2D eigenvalue weighted by atomic mass is 9.72. The SMILES string of the molecule is COc1ccc(N(C)C(=O)C(C)C)cc1C1=C(CN2C(=O)OC(c3cc(C)cc(C(F)(F)F)c3)C2C)CC(C)(C)CC1. The summed E-state index contributed by atoms with van der Waals surface area (Å²) in [5.41, 5.74) is 3.72.